The third kappa shape index (κ3) is 1.72. The van der Waals surface area contributed by atoms with Gasteiger partial charge in [-0.25, -0.2) is 4.98 Å². The van der Waals surface area contributed by atoms with Crippen molar-refractivity contribution < 1.29 is 0 Å². The van der Waals surface area contributed by atoms with E-state index in [1.165, 1.54) is 5.56 Å². The maximum absolute atomic E-state index is 5.92. The molecule has 0 radical (unpaired) electrons. The largest absolute Gasteiger partial charge is 0.241 e. The zero-order valence-electron chi connectivity index (χ0n) is 7.11. The van der Waals surface area contributed by atoms with Crippen molar-refractivity contribution in [1.29, 1.82) is 0 Å². The average molecular weight is 170 g/mol. The Labute approximate surface area is 72.4 Å². The molecule has 0 amide bonds. The maximum Gasteiger partial charge on any atom is 0.132 e. The van der Waals surface area contributed by atoms with E-state index in [2.05, 4.69) is 24.9 Å². The Morgan fingerprint density at radius 3 is 2.55 bits per heavy atom. The Bertz CT molecular complexity index is 245. The van der Waals surface area contributed by atoms with Crippen LogP contribution in [0.15, 0.2) is 6.07 Å². The number of pyridine rings is 1. The number of aryl methyl sites for hydroxylation is 2. The van der Waals surface area contributed by atoms with Crippen LogP contribution in [0, 0.1) is 13.8 Å². The van der Waals surface area contributed by atoms with E-state index >= 15 is 0 Å². The number of halogens is 1. The van der Waals surface area contributed by atoms with Crippen molar-refractivity contribution in [3.05, 3.63) is 28.0 Å². The highest BCUT2D eigenvalue weighted by atomic mass is 35.5. The Morgan fingerprint density at radius 2 is 2.09 bits per heavy atom. The summed E-state index contributed by atoms with van der Waals surface area (Å²) in [5.41, 5.74) is 3.40. The lowest BCUT2D eigenvalue weighted by Crippen LogP contribution is -1.93. The van der Waals surface area contributed by atoms with E-state index in [4.69, 9.17) is 11.6 Å². The van der Waals surface area contributed by atoms with Crippen molar-refractivity contribution in [3.8, 4) is 0 Å². The van der Waals surface area contributed by atoms with Gasteiger partial charge in [0.1, 0.15) is 5.15 Å². The summed E-state index contributed by atoms with van der Waals surface area (Å²) in [6.07, 6.45) is 0.956. The lowest BCUT2D eigenvalue weighted by molar-refractivity contribution is 1.05. The van der Waals surface area contributed by atoms with Crippen LogP contribution in [-0.4, -0.2) is 4.98 Å². The predicted molar refractivity (Wildman–Crippen MR) is 48.1 cm³/mol. The summed E-state index contributed by atoms with van der Waals surface area (Å²) in [5, 5.41) is 0.657. The van der Waals surface area contributed by atoms with Gasteiger partial charge in [-0.3, -0.25) is 0 Å². The summed E-state index contributed by atoms with van der Waals surface area (Å²) in [7, 11) is 0. The van der Waals surface area contributed by atoms with E-state index in [9.17, 15) is 0 Å². The van der Waals surface area contributed by atoms with Crippen molar-refractivity contribution in [2.24, 2.45) is 0 Å². The van der Waals surface area contributed by atoms with E-state index in [0.717, 1.165) is 17.7 Å². The number of hydrogen-bond donors (Lipinski definition) is 0. The van der Waals surface area contributed by atoms with Crippen LogP contribution in [0.3, 0.4) is 0 Å². The first kappa shape index (κ1) is 8.54. The predicted octanol–water partition coefficient (Wildman–Crippen LogP) is 2.91. The first-order chi connectivity index (χ1) is 5.15. The van der Waals surface area contributed by atoms with Gasteiger partial charge in [-0.2, -0.15) is 0 Å². The Hall–Kier alpha value is -0.560. The van der Waals surface area contributed by atoms with Gasteiger partial charge in [0.25, 0.3) is 0 Å². The first-order valence-electron chi connectivity index (χ1n) is 3.77. The molecule has 0 aromatic carbocycles. The van der Waals surface area contributed by atoms with Gasteiger partial charge in [0.2, 0.25) is 0 Å². The van der Waals surface area contributed by atoms with Gasteiger partial charge >= 0.3 is 0 Å². The molecule has 0 atom stereocenters. The van der Waals surface area contributed by atoms with Crippen molar-refractivity contribution >= 4 is 11.6 Å². The summed E-state index contributed by atoms with van der Waals surface area (Å²) >= 11 is 5.92. The highest BCUT2D eigenvalue weighted by Crippen LogP contribution is 2.18. The molecule has 2 heteroatoms. The molecule has 1 aromatic rings. The second kappa shape index (κ2) is 3.22. The lowest BCUT2D eigenvalue weighted by atomic mass is 10.1. The third-order valence-corrected chi connectivity index (χ3v) is 2.09. The van der Waals surface area contributed by atoms with Gasteiger partial charge in [0, 0.05) is 5.69 Å². The van der Waals surface area contributed by atoms with Crippen molar-refractivity contribution in [2.45, 2.75) is 27.2 Å². The van der Waals surface area contributed by atoms with Gasteiger partial charge in [-0.05, 0) is 37.5 Å². The molecular weight excluding hydrogens is 158 g/mol. The maximum atomic E-state index is 5.92. The second-order valence-electron chi connectivity index (χ2n) is 2.70. The zero-order chi connectivity index (χ0) is 8.43. The van der Waals surface area contributed by atoms with E-state index in [1.54, 1.807) is 0 Å². The molecule has 0 aliphatic heterocycles. The van der Waals surface area contributed by atoms with E-state index in [-0.39, 0.29) is 0 Å². The van der Waals surface area contributed by atoms with Crippen LogP contribution < -0.4 is 0 Å². The van der Waals surface area contributed by atoms with E-state index < -0.39 is 0 Å². The van der Waals surface area contributed by atoms with Gasteiger partial charge in [0.05, 0.1) is 0 Å². The van der Waals surface area contributed by atoms with Crippen LogP contribution in [0.5, 0.6) is 0 Å². The molecule has 0 saturated carbocycles. The topological polar surface area (TPSA) is 12.9 Å². The monoisotopic (exact) mass is 169 g/mol. The highest BCUT2D eigenvalue weighted by Gasteiger charge is 2.03. The van der Waals surface area contributed by atoms with Gasteiger partial charge < -0.3 is 0 Å². The molecule has 1 aromatic heterocycles. The van der Waals surface area contributed by atoms with Crippen LogP contribution >= 0.6 is 11.6 Å². The minimum atomic E-state index is 0.657. The molecule has 11 heavy (non-hydrogen) atoms. The normalized spacial score (nSPS) is 10.2. The summed E-state index contributed by atoms with van der Waals surface area (Å²) in [4.78, 5) is 4.17. The number of nitrogens with zero attached hydrogens (tertiary/aromatic N) is 1. The number of hydrogen-bond acceptors (Lipinski definition) is 1. The fourth-order valence-corrected chi connectivity index (χ4v) is 1.66. The molecule has 0 saturated heterocycles. The Morgan fingerprint density at radius 1 is 1.45 bits per heavy atom. The van der Waals surface area contributed by atoms with Crippen LogP contribution in [0.2, 0.25) is 5.15 Å². The van der Waals surface area contributed by atoms with Crippen molar-refractivity contribution in [2.75, 3.05) is 0 Å². The smallest absolute Gasteiger partial charge is 0.132 e. The fraction of sp³-hybridized carbons (Fsp3) is 0.444. The standard InChI is InChI=1S/C9H12ClN/c1-4-8-6(2)5-7(3)11-9(8)10/h5H,4H2,1-3H3. The Balaban J connectivity index is 3.25. The number of rotatable bonds is 1. The number of aromatic nitrogens is 1. The van der Waals surface area contributed by atoms with E-state index in [1.807, 2.05) is 6.92 Å². The molecule has 1 heterocycles. The van der Waals surface area contributed by atoms with Gasteiger partial charge in [0.15, 0.2) is 0 Å². The molecule has 1 nitrogen and oxygen atoms in total. The minimum Gasteiger partial charge on any atom is -0.241 e. The quantitative estimate of drug-likeness (QED) is 0.590. The molecule has 0 bridgehead atoms. The molecule has 0 fully saturated rings. The third-order valence-electron chi connectivity index (χ3n) is 1.78. The van der Waals surface area contributed by atoms with Gasteiger partial charge in [-0.1, -0.05) is 18.5 Å². The van der Waals surface area contributed by atoms with Crippen LogP contribution in [0.25, 0.3) is 0 Å². The van der Waals surface area contributed by atoms with Crippen LogP contribution in [0.1, 0.15) is 23.7 Å². The molecular formula is C9H12ClN. The van der Waals surface area contributed by atoms with E-state index in [0.29, 0.717) is 5.15 Å². The first-order valence-corrected chi connectivity index (χ1v) is 4.15. The minimum absolute atomic E-state index is 0.657. The van der Waals surface area contributed by atoms with Gasteiger partial charge in [-0.15, -0.1) is 0 Å². The average Bonchev–Trinajstić information content (AvgIpc) is 1.85. The molecule has 0 aliphatic carbocycles. The molecule has 0 N–H and O–H groups in total. The van der Waals surface area contributed by atoms with Crippen LogP contribution in [-0.2, 0) is 6.42 Å². The van der Waals surface area contributed by atoms with Crippen molar-refractivity contribution in [3.63, 3.8) is 0 Å². The zero-order valence-corrected chi connectivity index (χ0v) is 7.87. The summed E-state index contributed by atoms with van der Waals surface area (Å²) < 4.78 is 0. The molecule has 1 rings (SSSR count). The van der Waals surface area contributed by atoms with Crippen molar-refractivity contribution in [1.82, 2.24) is 4.98 Å². The highest BCUT2D eigenvalue weighted by molar-refractivity contribution is 6.30. The molecule has 0 spiro atoms. The summed E-state index contributed by atoms with van der Waals surface area (Å²) in [5.74, 6) is 0. The SMILES string of the molecule is CCc1c(C)cc(C)nc1Cl. The summed E-state index contributed by atoms with van der Waals surface area (Å²) in [6, 6.07) is 2.06. The molecule has 0 unspecified atom stereocenters. The fourth-order valence-electron chi connectivity index (χ4n) is 1.24. The summed E-state index contributed by atoms with van der Waals surface area (Å²) in [6.45, 7) is 6.11. The Kier molecular flexibility index (Phi) is 2.50. The van der Waals surface area contributed by atoms with Crippen LogP contribution in [0.4, 0.5) is 0 Å². The molecule has 60 valence electrons. The second-order valence-corrected chi connectivity index (χ2v) is 3.06. The molecule has 0 aliphatic rings. The lowest BCUT2D eigenvalue weighted by Gasteiger charge is -2.05.